The second-order valence-electron chi connectivity index (χ2n) is 5.10. The first-order chi connectivity index (χ1) is 12.0. The van der Waals surface area contributed by atoms with E-state index in [2.05, 4.69) is 10.3 Å². The number of hydrogen-bond donors (Lipinski definition) is 3. The van der Waals surface area contributed by atoms with Crippen molar-refractivity contribution in [3.05, 3.63) is 39.4 Å². The lowest BCUT2D eigenvalue weighted by Gasteiger charge is -2.16. The summed E-state index contributed by atoms with van der Waals surface area (Å²) in [5.41, 5.74) is 6.22. The molecule has 0 spiro atoms. The van der Waals surface area contributed by atoms with E-state index < -0.39 is 0 Å². The Kier molecular flexibility index (Phi) is 6.31. The smallest absolute Gasteiger partial charge is 0.252 e. The quantitative estimate of drug-likeness (QED) is 0.623. The Hall–Kier alpha value is -2.65. The van der Waals surface area contributed by atoms with Gasteiger partial charge in [0.1, 0.15) is 11.5 Å². The van der Waals surface area contributed by atoms with E-state index in [1.807, 2.05) is 0 Å². The number of hydrogen-bond acceptors (Lipinski definition) is 6. The SMILES string of the molecule is COc1ccc(-c2cc(=O)[nH]c(=S)n2CCNC(=O)CN)c(OC)c1. The zero-order valence-corrected chi connectivity index (χ0v) is 14.8. The minimum Gasteiger partial charge on any atom is -0.497 e. The first-order valence-corrected chi connectivity index (χ1v) is 7.94. The number of carbonyl (C=O) groups is 1. The van der Waals surface area contributed by atoms with Crippen LogP contribution in [0.3, 0.4) is 0 Å². The molecule has 1 amide bonds. The van der Waals surface area contributed by atoms with Gasteiger partial charge in [0, 0.05) is 30.8 Å². The van der Waals surface area contributed by atoms with Crippen LogP contribution in [0.15, 0.2) is 29.1 Å². The van der Waals surface area contributed by atoms with Gasteiger partial charge in [-0.25, -0.2) is 0 Å². The number of H-pyrrole nitrogens is 1. The number of nitrogens with zero attached hydrogens (tertiary/aromatic N) is 1. The molecular weight excluding hydrogens is 344 g/mol. The molecule has 8 nitrogen and oxygen atoms in total. The summed E-state index contributed by atoms with van der Waals surface area (Å²) in [5, 5.41) is 2.67. The predicted molar refractivity (Wildman–Crippen MR) is 96.5 cm³/mol. The van der Waals surface area contributed by atoms with E-state index in [1.54, 1.807) is 29.9 Å². The molecule has 0 saturated carbocycles. The highest BCUT2D eigenvalue weighted by atomic mass is 32.1. The number of nitrogens with two attached hydrogens (primary N) is 1. The fraction of sp³-hybridized carbons (Fsp3) is 0.312. The summed E-state index contributed by atoms with van der Waals surface area (Å²) < 4.78 is 12.6. The molecule has 9 heteroatoms. The first-order valence-electron chi connectivity index (χ1n) is 7.53. The van der Waals surface area contributed by atoms with Crippen molar-refractivity contribution in [3.63, 3.8) is 0 Å². The maximum Gasteiger partial charge on any atom is 0.252 e. The van der Waals surface area contributed by atoms with Crippen molar-refractivity contribution in [2.45, 2.75) is 6.54 Å². The summed E-state index contributed by atoms with van der Waals surface area (Å²) >= 11 is 5.27. The third kappa shape index (κ3) is 4.46. The largest absolute Gasteiger partial charge is 0.497 e. The van der Waals surface area contributed by atoms with E-state index in [-0.39, 0.29) is 22.8 Å². The van der Waals surface area contributed by atoms with E-state index in [0.717, 1.165) is 0 Å². The van der Waals surface area contributed by atoms with Crippen LogP contribution in [0.25, 0.3) is 11.3 Å². The van der Waals surface area contributed by atoms with E-state index in [1.165, 1.54) is 13.2 Å². The van der Waals surface area contributed by atoms with Crippen molar-refractivity contribution in [1.82, 2.24) is 14.9 Å². The second kappa shape index (κ2) is 8.45. The molecule has 0 fully saturated rings. The Balaban J connectivity index is 2.48. The van der Waals surface area contributed by atoms with Gasteiger partial charge in [-0.05, 0) is 24.4 Å². The van der Waals surface area contributed by atoms with Gasteiger partial charge in [0.05, 0.1) is 26.5 Å². The molecular formula is C16H20N4O4S. The van der Waals surface area contributed by atoms with Gasteiger partial charge in [-0.3, -0.25) is 14.6 Å². The fourth-order valence-electron chi connectivity index (χ4n) is 2.36. The normalized spacial score (nSPS) is 10.4. The summed E-state index contributed by atoms with van der Waals surface area (Å²) in [6, 6.07) is 6.71. The zero-order valence-electron chi connectivity index (χ0n) is 14.0. The van der Waals surface area contributed by atoms with Crippen LogP contribution >= 0.6 is 12.2 Å². The highest BCUT2D eigenvalue weighted by molar-refractivity contribution is 7.71. The summed E-state index contributed by atoms with van der Waals surface area (Å²) in [5.74, 6) is 0.907. The summed E-state index contributed by atoms with van der Waals surface area (Å²) in [4.78, 5) is 25.8. The van der Waals surface area contributed by atoms with Crippen molar-refractivity contribution in [1.29, 1.82) is 0 Å². The first kappa shape index (κ1) is 18.7. The highest BCUT2D eigenvalue weighted by Gasteiger charge is 2.13. The molecule has 1 aromatic heterocycles. The Bertz CT molecular complexity index is 875. The van der Waals surface area contributed by atoms with Gasteiger partial charge < -0.3 is 25.1 Å². The number of nitrogens with one attached hydrogen (secondary N) is 2. The Morgan fingerprint density at radius 2 is 2.08 bits per heavy atom. The van der Waals surface area contributed by atoms with Crippen LogP contribution in [0, 0.1) is 4.77 Å². The number of aromatic nitrogens is 2. The lowest BCUT2D eigenvalue weighted by Crippen LogP contribution is -2.33. The molecule has 0 bridgehead atoms. The monoisotopic (exact) mass is 364 g/mol. The second-order valence-corrected chi connectivity index (χ2v) is 5.48. The minimum absolute atomic E-state index is 0.0871. The van der Waals surface area contributed by atoms with Crippen LogP contribution in [0.2, 0.25) is 0 Å². The highest BCUT2D eigenvalue weighted by Crippen LogP contribution is 2.32. The molecule has 0 saturated heterocycles. The maximum atomic E-state index is 11.9. The number of methoxy groups -OCH3 is 2. The molecule has 4 N–H and O–H groups in total. The van der Waals surface area contributed by atoms with Gasteiger partial charge >= 0.3 is 0 Å². The average molecular weight is 364 g/mol. The molecule has 1 heterocycles. The molecule has 0 radical (unpaired) electrons. The molecule has 0 aliphatic rings. The Labute approximate surface area is 149 Å². The van der Waals surface area contributed by atoms with Gasteiger partial charge in [-0.2, -0.15) is 0 Å². The lowest BCUT2D eigenvalue weighted by atomic mass is 10.1. The van der Waals surface area contributed by atoms with Gasteiger partial charge in [0.15, 0.2) is 4.77 Å². The van der Waals surface area contributed by atoms with Crippen LogP contribution in [0.5, 0.6) is 11.5 Å². The molecule has 2 aromatic rings. The van der Waals surface area contributed by atoms with Crippen molar-refractivity contribution >= 4 is 18.1 Å². The summed E-state index contributed by atoms with van der Waals surface area (Å²) in [6.07, 6.45) is 0. The van der Waals surface area contributed by atoms with Crippen molar-refractivity contribution in [2.24, 2.45) is 5.73 Å². The topological polar surface area (TPSA) is 111 Å². The maximum absolute atomic E-state index is 11.9. The third-order valence-corrected chi connectivity index (χ3v) is 3.88. The van der Waals surface area contributed by atoms with Crippen LogP contribution in [0.1, 0.15) is 0 Å². The van der Waals surface area contributed by atoms with Gasteiger partial charge in [-0.15, -0.1) is 0 Å². The molecule has 1 aromatic carbocycles. The van der Waals surface area contributed by atoms with Crippen LogP contribution in [-0.4, -0.2) is 42.8 Å². The van der Waals surface area contributed by atoms with Crippen molar-refractivity contribution < 1.29 is 14.3 Å². The Morgan fingerprint density at radius 1 is 1.32 bits per heavy atom. The summed E-state index contributed by atoms with van der Waals surface area (Å²) in [6.45, 7) is 0.601. The van der Waals surface area contributed by atoms with Gasteiger partial charge in [0.2, 0.25) is 5.91 Å². The van der Waals surface area contributed by atoms with Gasteiger partial charge in [-0.1, -0.05) is 0 Å². The van der Waals surface area contributed by atoms with Crippen LogP contribution < -0.4 is 26.1 Å². The number of ether oxygens (including phenoxy) is 2. The molecule has 0 aliphatic carbocycles. The molecule has 134 valence electrons. The standard InChI is InChI=1S/C16H20N4O4S/c1-23-10-3-4-11(13(7-10)24-2)12-8-14(21)19-16(25)20(12)6-5-18-15(22)9-17/h3-4,7-8H,5-6,9,17H2,1-2H3,(H,18,22)(H,19,21,25). The van der Waals surface area contributed by atoms with E-state index in [4.69, 9.17) is 27.4 Å². The zero-order chi connectivity index (χ0) is 18.4. The number of rotatable bonds is 7. The number of amides is 1. The minimum atomic E-state index is -0.319. The molecule has 0 unspecified atom stereocenters. The van der Waals surface area contributed by atoms with Crippen LogP contribution in [-0.2, 0) is 11.3 Å². The van der Waals surface area contributed by atoms with E-state index in [9.17, 15) is 9.59 Å². The van der Waals surface area contributed by atoms with Crippen molar-refractivity contribution in [3.8, 4) is 22.8 Å². The Morgan fingerprint density at radius 3 is 2.72 bits per heavy atom. The van der Waals surface area contributed by atoms with Crippen LogP contribution in [0.4, 0.5) is 0 Å². The molecule has 0 atom stereocenters. The third-order valence-electron chi connectivity index (χ3n) is 3.56. The molecule has 0 aliphatic heterocycles. The van der Waals surface area contributed by atoms with Gasteiger partial charge in [0.25, 0.3) is 5.56 Å². The molecule has 2 rings (SSSR count). The van der Waals surface area contributed by atoms with Crippen molar-refractivity contribution in [2.75, 3.05) is 27.3 Å². The van der Waals surface area contributed by atoms with E-state index in [0.29, 0.717) is 35.8 Å². The number of benzene rings is 1. The summed E-state index contributed by atoms with van der Waals surface area (Å²) in [7, 11) is 3.09. The number of carbonyl (C=O) groups excluding carboxylic acids is 1. The lowest BCUT2D eigenvalue weighted by molar-refractivity contribution is -0.119. The van der Waals surface area contributed by atoms with E-state index >= 15 is 0 Å². The molecule has 25 heavy (non-hydrogen) atoms. The number of aromatic amines is 1. The predicted octanol–water partition coefficient (Wildman–Crippen LogP) is 0.665. The fourth-order valence-corrected chi connectivity index (χ4v) is 2.65. The average Bonchev–Trinajstić information content (AvgIpc) is 2.62.